The number of rotatable bonds is 0. The smallest absolute Gasteiger partial charge is 0.144 e. The summed E-state index contributed by atoms with van der Waals surface area (Å²) in [6, 6.07) is 29.9. The van der Waals surface area contributed by atoms with Crippen LogP contribution in [-0.2, 0) is 131 Å². The van der Waals surface area contributed by atoms with E-state index >= 15 is 0 Å². The van der Waals surface area contributed by atoms with Crippen molar-refractivity contribution in [2.75, 3.05) is 0 Å². The minimum absolute atomic E-state index is 0. The van der Waals surface area contributed by atoms with E-state index in [4.69, 9.17) is 0 Å². The van der Waals surface area contributed by atoms with Crippen LogP contribution in [0.15, 0.2) is 60.7 Å². The van der Waals surface area contributed by atoms with Crippen LogP contribution in [0.2, 0.25) is 0 Å². The molecule has 5 heteroatoms. The number of benzene rings is 3. The first-order valence-electron chi connectivity index (χ1n) is 6.25. The Morgan fingerprint density at radius 2 is 0.875 bits per heavy atom. The molecular formula is C19H10OY4-4. The molecule has 0 N–H and O–H groups in total. The topological polar surface area (TPSA) is 17.1 Å². The van der Waals surface area contributed by atoms with Gasteiger partial charge < -0.3 is 12.1 Å². The maximum absolute atomic E-state index is 11.9. The Labute approximate surface area is 244 Å². The molecule has 0 spiro atoms. The standard InChI is InChI=1S/C13H6O.C6H4.4Y/c14-13-11-7-3-1-5-9(11)10-6-2-4-8-12(10)13;1-2-4-6-5-3-1;;;;/h3-8H;1-2,5-6H;;;;/q2*-2;;;;. The average molecular weight is 610 g/mol. The minimum Gasteiger partial charge on any atom is -0.319 e. The number of hydrogen-bond acceptors (Lipinski definition) is 1. The number of carbonyl (C=O) groups excluding carboxylic acids is 1. The number of hydrogen-bond donors (Lipinski definition) is 0. The van der Waals surface area contributed by atoms with E-state index in [0.29, 0.717) is 0 Å². The summed E-state index contributed by atoms with van der Waals surface area (Å²) in [7, 11) is 0. The van der Waals surface area contributed by atoms with Crippen LogP contribution < -0.4 is 0 Å². The number of carbonyl (C=O) groups is 1. The van der Waals surface area contributed by atoms with Gasteiger partial charge in [0.1, 0.15) is 5.78 Å². The van der Waals surface area contributed by atoms with Gasteiger partial charge in [-0.25, -0.2) is 0 Å². The third kappa shape index (κ3) is 7.05. The van der Waals surface area contributed by atoms with Gasteiger partial charge in [0, 0.05) is 131 Å². The Bertz CT molecular complexity index is 671. The Morgan fingerprint density at radius 3 is 1.21 bits per heavy atom. The Hall–Kier alpha value is 1.75. The van der Waals surface area contributed by atoms with Crippen molar-refractivity contribution in [1.82, 2.24) is 0 Å². The molecule has 1 aliphatic rings. The number of ketones is 1. The summed E-state index contributed by atoms with van der Waals surface area (Å²) in [5, 5.41) is 0. The van der Waals surface area contributed by atoms with Gasteiger partial charge in [0.15, 0.2) is 0 Å². The van der Waals surface area contributed by atoms with Crippen molar-refractivity contribution in [2.45, 2.75) is 0 Å². The maximum atomic E-state index is 11.9. The summed E-state index contributed by atoms with van der Waals surface area (Å²) in [6.07, 6.45) is 0. The van der Waals surface area contributed by atoms with E-state index in [-0.39, 0.29) is 137 Å². The van der Waals surface area contributed by atoms with Gasteiger partial charge >= 0.3 is 0 Å². The van der Waals surface area contributed by atoms with Crippen molar-refractivity contribution in [2.24, 2.45) is 0 Å². The first-order chi connectivity index (χ1) is 9.88. The molecule has 0 saturated heterocycles. The van der Waals surface area contributed by atoms with Crippen LogP contribution in [0.4, 0.5) is 0 Å². The van der Waals surface area contributed by atoms with E-state index in [9.17, 15) is 4.79 Å². The summed E-state index contributed by atoms with van der Waals surface area (Å²) < 4.78 is 0. The molecule has 0 fully saturated rings. The molecule has 108 valence electrons. The van der Waals surface area contributed by atoms with Gasteiger partial charge in [-0.15, -0.1) is 0 Å². The molecule has 0 bridgehead atoms. The van der Waals surface area contributed by atoms with Crippen molar-refractivity contribution >= 4 is 5.78 Å². The Morgan fingerprint density at radius 1 is 0.500 bits per heavy atom. The van der Waals surface area contributed by atoms with Crippen LogP contribution in [0.3, 0.4) is 0 Å². The molecule has 0 amide bonds. The van der Waals surface area contributed by atoms with Crippen molar-refractivity contribution in [3.8, 4) is 11.1 Å². The van der Waals surface area contributed by atoms with Gasteiger partial charge in [-0.2, -0.15) is 59.7 Å². The molecule has 0 atom stereocenters. The summed E-state index contributed by atoms with van der Waals surface area (Å²) in [6.45, 7) is 0. The average Bonchev–Trinajstić information content (AvgIpc) is 2.84. The Balaban J connectivity index is 0. The first kappa shape index (κ1) is 28.0. The zero-order valence-electron chi connectivity index (χ0n) is 13.0. The largest absolute Gasteiger partial charge is 0.319 e. The van der Waals surface area contributed by atoms with E-state index in [1.807, 2.05) is 48.5 Å². The third-order valence-electron chi connectivity index (χ3n) is 3.06. The predicted molar refractivity (Wildman–Crippen MR) is 77.1 cm³/mol. The van der Waals surface area contributed by atoms with Crippen LogP contribution in [0, 0.1) is 24.3 Å². The molecule has 0 unspecified atom stereocenters. The molecule has 0 saturated carbocycles. The van der Waals surface area contributed by atoms with Crippen LogP contribution in [0.5, 0.6) is 0 Å². The van der Waals surface area contributed by atoms with Crippen LogP contribution in [0.25, 0.3) is 11.1 Å². The van der Waals surface area contributed by atoms with E-state index in [2.05, 4.69) is 24.3 Å². The minimum atomic E-state index is 0. The summed E-state index contributed by atoms with van der Waals surface area (Å²) >= 11 is 0. The Kier molecular flexibility index (Phi) is 17.2. The molecule has 4 rings (SSSR count). The van der Waals surface area contributed by atoms with Gasteiger partial charge in [-0.05, 0) is 0 Å². The molecular weight excluding hydrogens is 600 g/mol. The zero-order chi connectivity index (χ0) is 13.8. The zero-order valence-corrected chi connectivity index (χ0v) is 24.3. The van der Waals surface area contributed by atoms with E-state index in [1.54, 1.807) is 12.1 Å². The van der Waals surface area contributed by atoms with Crippen molar-refractivity contribution in [3.63, 3.8) is 0 Å². The second-order valence-electron chi connectivity index (χ2n) is 4.27. The molecule has 0 aliphatic heterocycles. The monoisotopic (exact) mass is 610 g/mol. The molecule has 0 aromatic heterocycles. The summed E-state index contributed by atoms with van der Waals surface area (Å²) in [5.74, 6) is 0.109. The van der Waals surface area contributed by atoms with E-state index < -0.39 is 0 Å². The molecule has 3 aromatic rings. The molecule has 0 heterocycles. The fourth-order valence-electron chi connectivity index (χ4n) is 2.15. The first-order valence-corrected chi connectivity index (χ1v) is 6.25. The second-order valence-corrected chi connectivity index (χ2v) is 4.27. The van der Waals surface area contributed by atoms with Crippen LogP contribution in [-0.4, -0.2) is 5.78 Å². The van der Waals surface area contributed by atoms with Gasteiger partial charge in [0.25, 0.3) is 0 Å². The number of fused-ring (bicyclic) bond motifs is 3. The van der Waals surface area contributed by atoms with Gasteiger partial charge in [-0.1, -0.05) is 11.1 Å². The van der Waals surface area contributed by atoms with E-state index in [0.717, 1.165) is 22.3 Å². The van der Waals surface area contributed by atoms with Gasteiger partial charge in [0.05, 0.1) is 0 Å². The molecule has 24 heavy (non-hydrogen) atoms. The summed E-state index contributed by atoms with van der Waals surface area (Å²) in [4.78, 5) is 11.9. The van der Waals surface area contributed by atoms with Gasteiger partial charge in [-0.3, -0.25) is 29.1 Å². The van der Waals surface area contributed by atoms with Crippen molar-refractivity contribution < 1.29 is 136 Å². The fraction of sp³-hybridized carbons (Fsp3) is 0. The maximum Gasteiger partial charge on any atom is 0.144 e. The quantitative estimate of drug-likeness (QED) is 0.278. The second kappa shape index (κ2) is 14.8. The van der Waals surface area contributed by atoms with Crippen molar-refractivity contribution in [1.29, 1.82) is 0 Å². The summed E-state index contributed by atoms with van der Waals surface area (Å²) in [5.41, 5.74) is 3.51. The third-order valence-corrected chi connectivity index (χ3v) is 3.06. The molecule has 3 aromatic carbocycles. The van der Waals surface area contributed by atoms with Crippen LogP contribution >= 0.6 is 0 Å². The predicted octanol–water partition coefficient (Wildman–Crippen LogP) is 3.78. The normalized spacial score (nSPS) is 9.25. The molecule has 4 radical (unpaired) electrons. The van der Waals surface area contributed by atoms with Crippen LogP contribution in [0.1, 0.15) is 15.9 Å². The van der Waals surface area contributed by atoms with Gasteiger partial charge in [0.2, 0.25) is 0 Å². The van der Waals surface area contributed by atoms with E-state index in [1.165, 1.54) is 0 Å². The fourth-order valence-corrected chi connectivity index (χ4v) is 2.15. The SMILES string of the molecule is O=C1c2cc[c-]cc2-c2c[c-]ccc21.[Y].[Y].[Y].[Y].[c-]1cc[c-]cc1. The molecule has 1 nitrogen and oxygen atoms in total. The molecule has 1 aliphatic carbocycles. The van der Waals surface area contributed by atoms with Crippen molar-refractivity contribution in [3.05, 3.63) is 96.1 Å².